The fraction of sp³-hybridized carbons (Fsp3) is 0.333. The summed E-state index contributed by atoms with van der Waals surface area (Å²) in [5.41, 5.74) is 3.04. The van der Waals surface area contributed by atoms with E-state index in [2.05, 4.69) is 0 Å². The normalized spacial score (nSPS) is 14.3. The van der Waals surface area contributed by atoms with E-state index < -0.39 is 0 Å². The Labute approximate surface area is 223 Å². The molecule has 0 saturated heterocycles. The maximum absolute atomic E-state index is 13.7. The van der Waals surface area contributed by atoms with Crippen molar-refractivity contribution in [1.82, 2.24) is 4.90 Å². The zero-order valence-corrected chi connectivity index (χ0v) is 22.2. The van der Waals surface area contributed by atoms with Crippen LogP contribution in [-0.2, 0) is 11.2 Å². The number of nitrogens with zero attached hydrogens (tertiary/aromatic N) is 1. The number of hydrogen-bond donors (Lipinski definition) is 0. The molecule has 0 unspecified atom stereocenters. The molecule has 0 bridgehead atoms. The Balaban J connectivity index is 1.62. The van der Waals surface area contributed by atoms with Crippen LogP contribution in [0.2, 0.25) is 0 Å². The number of fused-ring (bicyclic) bond motifs is 1. The molecule has 4 rings (SSSR count). The highest BCUT2D eigenvalue weighted by Gasteiger charge is 2.33. The first-order valence-electron chi connectivity index (χ1n) is 12.7. The van der Waals surface area contributed by atoms with Gasteiger partial charge in [-0.15, -0.1) is 0 Å². The van der Waals surface area contributed by atoms with Crippen molar-refractivity contribution < 1.29 is 33.3 Å². The third-order valence-electron chi connectivity index (χ3n) is 6.45. The average Bonchev–Trinajstić information content (AvgIpc) is 2.95. The van der Waals surface area contributed by atoms with Crippen molar-refractivity contribution in [2.45, 2.75) is 26.3 Å². The fourth-order valence-electron chi connectivity index (χ4n) is 4.55. The summed E-state index contributed by atoms with van der Waals surface area (Å²) in [6, 6.07) is 17.5. The molecule has 0 N–H and O–H groups in total. The lowest BCUT2D eigenvalue weighted by atomic mass is 9.91. The SMILES string of the molecule is CCOC(=O)c1ccc(OC[C@@H]2c3cc(OC)c(OC)cc3CCN2C(=O)c2ccc(OCC)cc2)cc1. The number of carbonyl (C=O) groups is 2. The lowest BCUT2D eigenvalue weighted by molar-refractivity contribution is 0.0524. The molecule has 1 aliphatic rings. The molecule has 1 atom stereocenters. The van der Waals surface area contributed by atoms with Gasteiger partial charge in [0.15, 0.2) is 11.5 Å². The number of amides is 1. The van der Waals surface area contributed by atoms with Gasteiger partial charge in [0.25, 0.3) is 5.91 Å². The van der Waals surface area contributed by atoms with Gasteiger partial charge in [0.1, 0.15) is 18.1 Å². The van der Waals surface area contributed by atoms with Gasteiger partial charge in [0.2, 0.25) is 0 Å². The summed E-state index contributed by atoms with van der Waals surface area (Å²) in [5.74, 6) is 2.06. The highest BCUT2D eigenvalue weighted by molar-refractivity contribution is 5.95. The summed E-state index contributed by atoms with van der Waals surface area (Å²) in [6.07, 6.45) is 0.670. The first kappa shape index (κ1) is 26.9. The first-order valence-corrected chi connectivity index (χ1v) is 12.7. The molecule has 8 nitrogen and oxygen atoms in total. The van der Waals surface area contributed by atoms with E-state index in [1.54, 1.807) is 69.7 Å². The van der Waals surface area contributed by atoms with E-state index in [9.17, 15) is 9.59 Å². The van der Waals surface area contributed by atoms with Crippen LogP contribution in [0.15, 0.2) is 60.7 Å². The maximum atomic E-state index is 13.7. The van der Waals surface area contributed by atoms with Gasteiger partial charge in [-0.25, -0.2) is 4.79 Å². The average molecular weight is 520 g/mol. The van der Waals surface area contributed by atoms with Gasteiger partial charge in [-0.1, -0.05) is 0 Å². The Morgan fingerprint density at radius 3 is 2.03 bits per heavy atom. The molecule has 38 heavy (non-hydrogen) atoms. The van der Waals surface area contributed by atoms with Crippen molar-refractivity contribution in [2.75, 3.05) is 40.6 Å². The summed E-state index contributed by atoms with van der Waals surface area (Å²) >= 11 is 0. The van der Waals surface area contributed by atoms with Crippen molar-refractivity contribution >= 4 is 11.9 Å². The number of hydrogen-bond acceptors (Lipinski definition) is 7. The monoisotopic (exact) mass is 519 g/mol. The predicted octanol–water partition coefficient (Wildman–Crippen LogP) is 5.10. The van der Waals surface area contributed by atoms with Crippen LogP contribution in [0.1, 0.15) is 51.7 Å². The Bertz CT molecular complexity index is 1250. The first-order chi connectivity index (χ1) is 18.5. The van der Waals surface area contributed by atoms with Gasteiger partial charge >= 0.3 is 5.97 Å². The third kappa shape index (κ3) is 5.85. The van der Waals surface area contributed by atoms with Crippen molar-refractivity contribution in [3.63, 3.8) is 0 Å². The second-order valence-electron chi connectivity index (χ2n) is 8.68. The van der Waals surface area contributed by atoms with Crippen molar-refractivity contribution in [3.8, 4) is 23.0 Å². The van der Waals surface area contributed by atoms with Crippen LogP contribution in [0.25, 0.3) is 0 Å². The summed E-state index contributed by atoms with van der Waals surface area (Å²) in [5, 5.41) is 0. The number of methoxy groups -OCH3 is 2. The van der Waals surface area contributed by atoms with Gasteiger partial charge in [0, 0.05) is 12.1 Å². The molecular formula is C30H33NO7. The predicted molar refractivity (Wildman–Crippen MR) is 143 cm³/mol. The van der Waals surface area contributed by atoms with Crippen LogP contribution in [0.4, 0.5) is 0 Å². The summed E-state index contributed by atoms with van der Waals surface area (Å²) in [4.78, 5) is 27.5. The van der Waals surface area contributed by atoms with E-state index in [0.717, 1.165) is 16.9 Å². The molecule has 0 saturated carbocycles. The van der Waals surface area contributed by atoms with E-state index in [4.69, 9.17) is 23.7 Å². The molecule has 1 heterocycles. The second kappa shape index (κ2) is 12.4. The number of rotatable bonds is 10. The van der Waals surface area contributed by atoms with Crippen LogP contribution in [0, 0.1) is 0 Å². The Kier molecular flexibility index (Phi) is 8.73. The lowest BCUT2D eigenvalue weighted by Crippen LogP contribution is -2.42. The van der Waals surface area contributed by atoms with Gasteiger partial charge in [0.05, 0.1) is 39.0 Å². The van der Waals surface area contributed by atoms with E-state index in [-0.39, 0.29) is 24.5 Å². The van der Waals surface area contributed by atoms with E-state index in [1.165, 1.54) is 0 Å². The van der Waals surface area contributed by atoms with Crippen LogP contribution in [0.5, 0.6) is 23.0 Å². The number of esters is 1. The largest absolute Gasteiger partial charge is 0.494 e. The lowest BCUT2D eigenvalue weighted by Gasteiger charge is -2.37. The minimum absolute atomic E-state index is 0.0975. The van der Waals surface area contributed by atoms with E-state index in [0.29, 0.717) is 54.6 Å². The second-order valence-corrected chi connectivity index (χ2v) is 8.68. The minimum Gasteiger partial charge on any atom is -0.494 e. The Morgan fingerprint density at radius 1 is 0.816 bits per heavy atom. The van der Waals surface area contributed by atoms with Gasteiger partial charge < -0.3 is 28.6 Å². The number of ether oxygens (including phenoxy) is 5. The fourth-order valence-corrected chi connectivity index (χ4v) is 4.55. The Hall–Kier alpha value is -4.20. The zero-order chi connectivity index (χ0) is 27.1. The van der Waals surface area contributed by atoms with Crippen LogP contribution < -0.4 is 18.9 Å². The number of carbonyl (C=O) groups excluding carboxylic acids is 2. The summed E-state index contributed by atoms with van der Waals surface area (Å²) < 4.78 is 27.8. The molecule has 0 spiro atoms. The maximum Gasteiger partial charge on any atom is 0.338 e. The highest BCUT2D eigenvalue weighted by atomic mass is 16.5. The molecule has 1 aliphatic heterocycles. The Morgan fingerprint density at radius 2 is 1.42 bits per heavy atom. The smallest absolute Gasteiger partial charge is 0.338 e. The van der Waals surface area contributed by atoms with E-state index in [1.807, 2.05) is 24.0 Å². The molecule has 3 aromatic rings. The molecule has 0 radical (unpaired) electrons. The molecule has 3 aromatic carbocycles. The van der Waals surface area contributed by atoms with Gasteiger partial charge in [-0.3, -0.25) is 4.79 Å². The van der Waals surface area contributed by atoms with Crippen molar-refractivity contribution in [2.24, 2.45) is 0 Å². The molecule has 8 heteroatoms. The van der Waals surface area contributed by atoms with Gasteiger partial charge in [-0.05, 0) is 92.1 Å². The van der Waals surface area contributed by atoms with Crippen LogP contribution in [0.3, 0.4) is 0 Å². The van der Waals surface area contributed by atoms with Crippen molar-refractivity contribution in [1.29, 1.82) is 0 Å². The van der Waals surface area contributed by atoms with Crippen LogP contribution in [-0.4, -0.2) is 57.4 Å². The molecule has 0 fully saturated rings. The molecule has 200 valence electrons. The standard InChI is InChI=1S/C30H33NO7/c1-5-36-23-11-7-20(8-12-23)29(32)31-16-15-22-17-27(34-3)28(35-4)18-25(22)26(31)19-38-24-13-9-21(10-14-24)30(33)37-6-2/h7-14,17-18,26H,5-6,15-16,19H2,1-4H3/t26-/m1/s1. The third-order valence-corrected chi connectivity index (χ3v) is 6.45. The summed E-state index contributed by atoms with van der Waals surface area (Å²) in [7, 11) is 3.20. The number of benzene rings is 3. The van der Waals surface area contributed by atoms with Gasteiger partial charge in [-0.2, -0.15) is 0 Å². The van der Waals surface area contributed by atoms with Crippen molar-refractivity contribution in [3.05, 3.63) is 82.9 Å². The minimum atomic E-state index is -0.381. The van der Waals surface area contributed by atoms with Crippen LogP contribution >= 0.6 is 0 Å². The quantitative estimate of drug-likeness (QED) is 0.345. The molecule has 0 aromatic heterocycles. The van der Waals surface area contributed by atoms with E-state index >= 15 is 0 Å². The highest BCUT2D eigenvalue weighted by Crippen LogP contribution is 2.39. The zero-order valence-electron chi connectivity index (χ0n) is 22.2. The molecular weight excluding hydrogens is 486 g/mol. The topological polar surface area (TPSA) is 83.5 Å². The molecule has 0 aliphatic carbocycles. The summed E-state index contributed by atoms with van der Waals surface area (Å²) in [6.45, 7) is 5.28. The molecule has 1 amide bonds.